The number of hydrogen-bond donors (Lipinski definition) is 1. The normalized spacial score (nSPS) is 11.0. The number of benzene rings is 2. The first-order valence-electron chi connectivity index (χ1n) is 6.82. The van der Waals surface area contributed by atoms with Crippen molar-refractivity contribution < 1.29 is 14.6 Å². The Kier molecular flexibility index (Phi) is 5.96. The van der Waals surface area contributed by atoms with E-state index in [2.05, 4.69) is 36.9 Å². The minimum atomic E-state index is -1.03. The van der Waals surface area contributed by atoms with Gasteiger partial charge in [-0.1, -0.05) is 28.1 Å². The van der Waals surface area contributed by atoms with Crippen molar-refractivity contribution in [2.75, 3.05) is 6.61 Å². The Morgan fingerprint density at radius 1 is 1.26 bits per heavy atom. The molecule has 2 aromatic rings. The largest absolute Gasteiger partial charge is 0.480 e. The molecule has 0 aliphatic heterocycles. The molecule has 0 heterocycles. The van der Waals surface area contributed by atoms with Crippen LogP contribution >= 0.6 is 31.9 Å². The number of ether oxygens (including phenoxy) is 1. The van der Waals surface area contributed by atoms with Crippen LogP contribution in [-0.4, -0.2) is 23.9 Å². The van der Waals surface area contributed by atoms with E-state index < -0.39 is 12.6 Å². The monoisotopic (exact) mass is 439 g/mol. The molecule has 2 aromatic carbocycles. The molecule has 120 valence electrons. The predicted molar refractivity (Wildman–Crippen MR) is 98.1 cm³/mol. The Morgan fingerprint density at radius 3 is 2.70 bits per heavy atom. The summed E-state index contributed by atoms with van der Waals surface area (Å²) in [4.78, 5) is 15.3. The highest BCUT2D eigenvalue weighted by Gasteiger charge is 2.11. The third kappa shape index (κ3) is 4.91. The molecular formula is C17H15Br2NO3. The predicted octanol–water partition coefficient (Wildman–Crippen LogP) is 5.04. The number of carbonyl (C=O) groups is 1. The zero-order valence-electron chi connectivity index (χ0n) is 12.6. The number of rotatable bonds is 5. The summed E-state index contributed by atoms with van der Waals surface area (Å²) in [6, 6.07) is 9.67. The lowest BCUT2D eigenvalue weighted by Gasteiger charge is -2.10. The number of aliphatic imine (C=N–C) groups is 1. The summed E-state index contributed by atoms with van der Waals surface area (Å²) >= 11 is 6.81. The highest BCUT2D eigenvalue weighted by atomic mass is 79.9. The fraction of sp³-hybridized carbons (Fsp3) is 0.176. The first kappa shape index (κ1) is 17.7. The number of carboxylic acids is 1. The fourth-order valence-corrected chi connectivity index (χ4v) is 3.33. The van der Waals surface area contributed by atoms with Gasteiger partial charge in [0.1, 0.15) is 5.75 Å². The molecule has 0 spiro atoms. The summed E-state index contributed by atoms with van der Waals surface area (Å²) in [5.41, 5.74) is 3.74. The molecule has 6 heteroatoms. The minimum Gasteiger partial charge on any atom is -0.480 e. The third-order valence-corrected chi connectivity index (χ3v) is 4.13. The zero-order chi connectivity index (χ0) is 17.0. The van der Waals surface area contributed by atoms with Crippen LogP contribution in [0.15, 0.2) is 44.3 Å². The Labute approximate surface area is 151 Å². The fourth-order valence-electron chi connectivity index (χ4n) is 1.96. The van der Waals surface area contributed by atoms with E-state index in [9.17, 15) is 4.79 Å². The first-order chi connectivity index (χ1) is 10.9. The molecule has 0 unspecified atom stereocenters. The van der Waals surface area contributed by atoms with E-state index in [1.165, 1.54) is 0 Å². The average Bonchev–Trinajstić information content (AvgIpc) is 2.46. The molecule has 23 heavy (non-hydrogen) atoms. The van der Waals surface area contributed by atoms with Crippen LogP contribution in [0.5, 0.6) is 5.75 Å². The number of aliphatic carboxylic acids is 1. The van der Waals surface area contributed by atoms with E-state index in [1.54, 1.807) is 12.3 Å². The third-order valence-electron chi connectivity index (χ3n) is 3.08. The molecule has 0 saturated carbocycles. The van der Waals surface area contributed by atoms with Crippen LogP contribution in [0.3, 0.4) is 0 Å². The molecule has 0 radical (unpaired) electrons. The lowest BCUT2D eigenvalue weighted by atomic mass is 10.1. The molecular weight excluding hydrogens is 426 g/mol. The van der Waals surface area contributed by atoms with Crippen LogP contribution in [0.4, 0.5) is 5.69 Å². The van der Waals surface area contributed by atoms with Crippen molar-refractivity contribution in [2.24, 2.45) is 4.99 Å². The van der Waals surface area contributed by atoms with E-state index in [4.69, 9.17) is 9.84 Å². The lowest BCUT2D eigenvalue weighted by molar-refractivity contribution is -0.139. The number of hydrogen-bond acceptors (Lipinski definition) is 3. The second-order valence-corrected chi connectivity index (χ2v) is 6.81. The standard InChI is InChI=1S/C17H15Br2NO3/c1-10-3-4-11(2)15(5-10)20-8-12-6-13(18)7-14(19)17(12)23-9-16(21)22/h3-8H,9H2,1-2H3,(H,21,22). The van der Waals surface area contributed by atoms with Crippen LogP contribution in [0, 0.1) is 13.8 Å². The Bertz CT molecular complexity index is 773. The molecule has 2 rings (SSSR count). The lowest BCUT2D eigenvalue weighted by Crippen LogP contribution is -2.11. The highest BCUT2D eigenvalue weighted by Crippen LogP contribution is 2.32. The maximum atomic E-state index is 10.7. The maximum Gasteiger partial charge on any atom is 0.341 e. The van der Waals surface area contributed by atoms with Crippen molar-refractivity contribution in [2.45, 2.75) is 13.8 Å². The molecule has 1 N–H and O–H groups in total. The summed E-state index contributed by atoms with van der Waals surface area (Å²) in [6.45, 7) is 3.59. The molecule has 0 fully saturated rings. The number of nitrogens with zero attached hydrogens (tertiary/aromatic N) is 1. The van der Waals surface area contributed by atoms with Crippen LogP contribution < -0.4 is 4.74 Å². The Hall–Kier alpha value is -1.66. The van der Waals surface area contributed by atoms with Gasteiger partial charge in [-0.2, -0.15) is 0 Å². The van der Waals surface area contributed by atoms with E-state index in [-0.39, 0.29) is 0 Å². The van der Waals surface area contributed by atoms with Crippen LogP contribution in [0.2, 0.25) is 0 Å². The van der Waals surface area contributed by atoms with Crippen molar-refractivity contribution >= 4 is 49.7 Å². The van der Waals surface area contributed by atoms with Crippen LogP contribution in [0.1, 0.15) is 16.7 Å². The Morgan fingerprint density at radius 2 is 2.00 bits per heavy atom. The molecule has 0 atom stereocenters. The van der Waals surface area contributed by atoms with Crippen molar-refractivity contribution in [3.05, 3.63) is 56.0 Å². The van der Waals surface area contributed by atoms with Gasteiger partial charge in [-0.3, -0.25) is 4.99 Å². The van der Waals surface area contributed by atoms with Gasteiger partial charge in [0.05, 0.1) is 10.2 Å². The molecule has 0 aliphatic rings. The van der Waals surface area contributed by atoms with Gasteiger partial charge in [-0.05, 0) is 59.1 Å². The van der Waals surface area contributed by atoms with Gasteiger partial charge >= 0.3 is 5.97 Å². The summed E-state index contributed by atoms with van der Waals surface area (Å²) in [6.07, 6.45) is 1.68. The molecule has 0 aliphatic carbocycles. The molecule has 0 amide bonds. The smallest absolute Gasteiger partial charge is 0.341 e. The quantitative estimate of drug-likeness (QED) is 0.662. The molecule has 0 aromatic heterocycles. The summed E-state index contributed by atoms with van der Waals surface area (Å²) in [7, 11) is 0. The zero-order valence-corrected chi connectivity index (χ0v) is 15.8. The van der Waals surface area contributed by atoms with Gasteiger partial charge in [0.25, 0.3) is 0 Å². The van der Waals surface area contributed by atoms with Crippen LogP contribution in [-0.2, 0) is 4.79 Å². The first-order valence-corrected chi connectivity index (χ1v) is 8.40. The second kappa shape index (κ2) is 7.75. The molecule has 0 saturated heterocycles. The van der Waals surface area contributed by atoms with Crippen molar-refractivity contribution in [1.82, 2.24) is 0 Å². The van der Waals surface area contributed by atoms with E-state index >= 15 is 0 Å². The minimum absolute atomic E-state index is 0.412. The summed E-state index contributed by atoms with van der Waals surface area (Å²) in [5.74, 6) is -0.582. The maximum absolute atomic E-state index is 10.7. The Balaban J connectivity index is 2.39. The van der Waals surface area contributed by atoms with Crippen molar-refractivity contribution in [3.8, 4) is 5.75 Å². The topological polar surface area (TPSA) is 58.9 Å². The molecule has 0 bridgehead atoms. The van der Waals surface area contributed by atoms with Crippen LogP contribution in [0.25, 0.3) is 0 Å². The number of aryl methyl sites for hydroxylation is 2. The summed E-state index contributed by atoms with van der Waals surface area (Å²) in [5, 5.41) is 8.80. The van der Waals surface area contributed by atoms with Gasteiger partial charge in [0, 0.05) is 16.3 Å². The van der Waals surface area contributed by atoms with Gasteiger partial charge in [-0.25, -0.2) is 4.79 Å². The number of carboxylic acid groups (broad SMARTS) is 1. The van der Waals surface area contributed by atoms with Gasteiger partial charge in [0.2, 0.25) is 0 Å². The van der Waals surface area contributed by atoms with E-state index in [0.717, 1.165) is 21.3 Å². The molecule has 4 nitrogen and oxygen atoms in total. The SMILES string of the molecule is Cc1ccc(C)c(N=Cc2cc(Br)cc(Br)c2OCC(=O)O)c1. The average molecular weight is 441 g/mol. The van der Waals surface area contributed by atoms with Gasteiger partial charge in [-0.15, -0.1) is 0 Å². The highest BCUT2D eigenvalue weighted by molar-refractivity contribution is 9.11. The van der Waals surface area contributed by atoms with Gasteiger partial charge < -0.3 is 9.84 Å². The van der Waals surface area contributed by atoms with E-state index in [1.807, 2.05) is 38.1 Å². The summed E-state index contributed by atoms with van der Waals surface area (Å²) < 4.78 is 6.87. The van der Waals surface area contributed by atoms with Crippen molar-refractivity contribution in [1.29, 1.82) is 0 Å². The number of halogens is 2. The van der Waals surface area contributed by atoms with E-state index in [0.29, 0.717) is 15.8 Å². The second-order valence-electron chi connectivity index (χ2n) is 5.04. The van der Waals surface area contributed by atoms with Crippen molar-refractivity contribution in [3.63, 3.8) is 0 Å². The van der Waals surface area contributed by atoms with Gasteiger partial charge in [0.15, 0.2) is 6.61 Å².